The van der Waals surface area contributed by atoms with Crippen LogP contribution in [0.4, 0.5) is 0 Å². The van der Waals surface area contributed by atoms with E-state index < -0.39 is 0 Å². The summed E-state index contributed by atoms with van der Waals surface area (Å²) in [5, 5.41) is 0. The smallest absolute Gasteiger partial charge is 0.104 e. The zero-order valence-electron chi connectivity index (χ0n) is 12.1. The molecule has 0 N–H and O–H groups in total. The maximum atomic E-state index is 5.49. The first-order valence-corrected chi connectivity index (χ1v) is 7.35. The van der Waals surface area contributed by atoms with E-state index in [1.54, 1.807) is 6.08 Å². The van der Waals surface area contributed by atoms with Gasteiger partial charge in [0.05, 0.1) is 45.2 Å². The number of nitrogens with zero attached hydrogens (tertiary/aromatic N) is 1. The Balaban J connectivity index is 1.50. The first-order chi connectivity index (χ1) is 10.3. The van der Waals surface area contributed by atoms with Crippen LogP contribution in [0.1, 0.15) is 0 Å². The normalized spacial score (nSPS) is 30.2. The Morgan fingerprint density at radius 2 is 1.76 bits per heavy atom. The molecule has 0 spiro atoms. The third-order valence-corrected chi connectivity index (χ3v) is 3.46. The van der Waals surface area contributed by atoms with E-state index in [0.29, 0.717) is 31.5 Å². The molecule has 0 bridgehead atoms. The van der Waals surface area contributed by atoms with Gasteiger partial charge in [0.15, 0.2) is 0 Å². The number of ether oxygens (including phenoxy) is 4. The van der Waals surface area contributed by atoms with E-state index in [1.165, 1.54) is 0 Å². The standard InChI is InChI=1S/C16H21NO4/c1-2-4-13(5-3-6-18-9-16-12-21-16)17(7-14-10-19-14)8-15-11-20-15/h1,3-5,14-16H,6-12H2/b5-3-,13-4+. The van der Waals surface area contributed by atoms with Gasteiger partial charge in [-0.15, -0.1) is 6.42 Å². The lowest BCUT2D eigenvalue weighted by Crippen LogP contribution is -2.30. The molecule has 3 fully saturated rings. The Hall–Kier alpha value is -1.32. The SMILES string of the molecule is C#C/C=C(\C=C/COCC1CO1)N(CC1CO1)CC1CO1. The molecular weight excluding hydrogens is 270 g/mol. The zero-order valence-corrected chi connectivity index (χ0v) is 12.1. The van der Waals surface area contributed by atoms with E-state index in [4.69, 9.17) is 25.4 Å². The highest BCUT2D eigenvalue weighted by Gasteiger charge is 2.31. The maximum Gasteiger partial charge on any atom is 0.104 e. The van der Waals surface area contributed by atoms with Gasteiger partial charge in [-0.25, -0.2) is 0 Å². The van der Waals surface area contributed by atoms with E-state index in [2.05, 4.69) is 10.8 Å². The van der Waals surface area contributed by atoms with Crippen molar-refractivity contribution in [3.8, 4) is 12.3 Å². The minimum atomic E-state index is 0.301. The molecule has 3 aliphatic heterocycles. The van der Waals surface area contributed by atoms with Crippen molar-refractivity contribution < 1.29 is 18.9 Å². The largest absolute Gasteiger partial charge is 0.375 e. The van der Waals surface area contributed by atoms with Crippen LogP contribution in [-0.4, -0.2) is 69.3 Å². The van der Waals surface area contributed by atoms with Gasteiger partial charge in [0, 0.05) is 24.9 Å². The molecule has 3 atom stereocenters. The molecule has 3 saturated heterocycles. The molecule has 0 saturated carbocycles. The van der Waals surface area contributed by atoms with Gasteiger partial charge in [-0.05, 0) is 6.08 Å². The van der Waals surface area contributed by atoms with E-state index in [0.717, 1.165) is 38.6 Å². The van der Waals surface area contributed by atoms with Gasteiger partial charge >= 0.3 is 0 Å². The number of epoxide rings is 3. The molecule has 0 aliphatic carbocycles. The molecule has 3 aliphatic rings. The van der Waals surface area contributed by atoms with Gasteiger partial charge in [-0.2, -0.15) is 0 Å². The predicted molar refractivity (Wildman–Crippen MR) is 77.7 cm³/mol. The van der Waals surface area contributed by atoms with Crippen molar-refractivity contribution in [2.45, 2.75) is 18.3 Å². The van der Waals surface area contributed by atoms with E-state index in [1.807, 2.05) is 12.2 Å². The second-order valence-electron chi connectivity index (χ2n) is 5.45. The monoisotopic (exact) mass is 291 g/mol. The quantitative estimate of drug-likeness (QED) is 0.255. The molecule has 0 aromatic carbocycles. The fraction of sp³-hybridized carbons (Fsp3) is 0.625. The highest BCUT2D eigenvalue weighted by Crippen LogP contribution is 2.20. The summed E-state index contributed by atoms with van der Waals surface area (Å²) < 4.78 is 21.2. The van der Waals surface area contributed by atoms with Crippen LogP contribution in [0, 0.1) is 12.3 Å². The van der Waals surface area contributed by atoms with Gasteiger partial charge in [0.2, 0.25) is 0 Å². The zero-order chi connectivity index (χ0) is 14.5. The van der Waals surface area contributed by atoms with Crippen LogP contribution in [0.5, 0.6) is 0 Å². The van der Waals surface area contributed by atoms with Gasteiger partial charge < -0.3 is 23.8 Å². The lowest BCUT2D eigenvalue weighted by atomic mass is 10.2. The minimum Gasteiger partial charge on any atom is -0.375 e. The van der Waals surface area contributed by atoms with Crippen LogP contribution in [0.2, 0.25) is 0 Å². The van der Waals surface area contributed by atoms with Gasteiger partial charge in [-0.3, -0.25) is 0 Å². The van der Waals surface area contributed by atoms with Crippen LogP contribution in [0.25, 0.3) is 0 Å². The van der Waals surface area contributed by atoms with Gasteiger partial charge in [0.25, 0.3) is 0 Å². The molecule has 0 amide bonds. The van der Waals surface area contributed by atoms with Crippen molar-refractivity contribution >= 4 is 0 Å². The summed E-state index contributed by atoms with van der Waals surface area (Å²) in [5.41, 5.74) is 1.01. The Morgan fingerprint density at radius 1 is 1.14 bits per heavy atom. The summed E-state index contributed by atoms with van der Waals surface area (Å²) in [6, 6.07) is 0. The highest BCUT2D eigenvalue weighted by atomic mass is 16.6. The maximum absolute atomic E-state index is 5.49. The third-order valence-electron chi connectivity index (χ3n) is 3.46. The fourth-order valence-electron chi connectivity index (χ4n) is 2.05. The summed E-state index contributed by atoms with van der Waals surface area (Å²) in [4.78, 5) is 2.23. The lowest BCUT2D eigenvalue weighted by molar-refractivity contribution is 0.140. The van der Waals surface area contributed by atoms with Crippen molar-refractivity contribution in [2.75, 3.05) is 46.1 Å². The van der Waals surface area contributed by atoms with Crippen molar-refractivity contribution in [3.63, 3.8) is 0 Å². The first kappa shape index (κ1) is 14.6. The average Bonchev–Trinajstić information content (AvgIpc) is 3.33. The van der Waals surface area contributed by atoms with Crippen LogP contribution >= 0.6 is 0 Å². The predicted octanol–water partition coefficient (Wildman–Crippen LogP) is 0.575. The molecular formula is C16H21NO4. The second kappa shape index (κ2) is 7.10. The van der Waals surface area contributed by atoms with E-state index >= 15 is 0 Å². The second-order valence-corrected chi connectivity index (χ2v) is 5.45. The van der Waals surface area contributed by atoms with Crippen molar-refractivity contribution in [3.05, 3.63) is 23.9 Å². The number of hydrogen-bond donors (Lipinski definition) is 0. The Bertz CT molecular complexity index is 428. The molecule has 5 nitrogen and oxygen atoms in total. The molecule has 3 rings (SSSR count). The van der Waals surface area contributed by atoms with E-state index in [9.17, 15) is 0 Å². The average molecular weight is 291 g/mol. The van der Waals surface area contributed by atoms with Crippen molar-refractivity contribution in [1.82, 2.24) is 4.90 Å². The summed E-state index contributed by atoms with van der Waals surface area (Å²) >= 11 is 0. The Labute approximate surface area is 125 Å². The van der Waals surface area contributed by atoms with Crippen LogP contribution in [-0.2, 0) is 18.9 Å². The minimum absolute atomic E-state index is 0.301. The molecule has 0 aromatic heterocycles. The Morgan fingerprint density at radius 3 is 2.29 bits per heavy atom. The fourth-order valence-corrected chi connectivity index (χ4v) is 2.05. The topological polar surface area (TPSA) is 50.1 Å². The lowest BCUT2D eigenvalue weighted by Gasteiger charge is -2.24. The summed E-state index contributed by atoms with van der Waals surface area (Å²) in [5.74, 6) is 2.61. The molecule has 3 unspecified atom stereocenters. The third kappa shape index (κ3) is 5.52. The summed E-state index contributed by atoms with van der Waals surface area (Å²) in [7, 11) is 0. The molecule has 0 radical (unpaired) electrons. The highest BCUT2D eigenvalue weighted by molar-refractivity contribution is 5.26. The summed E-state index contributed by atoms with van der Waals surface area (Å²) in [6.45, 7) is 5.42. The number of rotatable bonds is 10. The molecule has 3 heterocycles. The van der Waals surface area contributed by atoms with Crippen LogP contribution < -0.4 is 0 Å². The van der Waals surface area contributed by atoms with Crippen molar-refractivity contribution in [2.24, 2.45) is 0 Å². The van der Waals surface area contributed by atoms with E-state index in [-0.39, 0.29) is 0 Å². The Kier molecular flexibility index (Phi) is 4.94. The number of hydrogen-bond acceptors (Lipinski definition) is 5. The van der Waals surface area contributed by atoms with Crippen LogP contribution in [0.15, 0.2) is 23.9 Å². The van der Waals surface area contributed by atoms with Crippen LogP contribution in [0.3, 0.4) is 0 Å². The van der Waals surface area contributed by atoms with Gasteiger partial charge in [0.1, 0.15) is 6.10 Å². The summed E-state index contributed by atoms with van der Waals surface area (Å²) in [6.07, 6.45) is 12.2. The van der Waals surface area contributed by atoms with Gasteiger partial charge in [-0.1, -0.05) is 12.0 Å². The van der Waals surface area contributed by atoms with Crippen molar-refractivity contribution in [1.29, 1.82) is 0 Å². The molecule has 5 heteroatoms. The first-order valence-electron chi connectivity index (χ1n) is 7.35. The number of allylic oxidation sites excluding steroid dienone is 2. The molecule has 0 aromatic rings. The molecule has 114 valence electrons. The number of terminal acetylenes is 1. The molecule has 21 heavy (non-hydrogen) atoms.